The number of amides is 1. The Morgan fingerprint density at radius 2 is 2.18 bits per heavy atom. The minimum absolute atomic E-state index is 0.131. The van der Waals surface area contributed by atoms with Gasteiger partial charge in [-0.2, -0.15) is 0 Å². The first kappa shape index (κ1) is 19.2. The van der Waals surface area contributed by atoms with Crippen molar-refractivity contribution < 1.29 is 4.79 Å². The Balaban J connectivity index is 1.42. The average molecular weight is 396 g/mol. The first-order valence-electron chi connectivity index (χ1n) is 10.1. The molecular formula is C23H29N3OS. The summed E-state index contributed by atoms with van der Waals surface area (Å²) < 4.78 is 0. The number of likely N-dealkylation sites (tertiary alicyclic amines) is 1. The van der Waals surface area contributed by atoms with Gasteiger partial charge in [-0.25, -0.2) is 0 Å². The number of aryl methyl sites for hydroxylation is 3. The summed E-state index contributed by atoms with van der Waals surface area (Å²) in [5.41, 5.74) is 5.86. The van der Waals surface area contributed by atoms with Crippen LogP contribution < -0.4 is 5.32 Å². The lowest BCUT2D eigenvalue weighted by Crippen LogP contribution is -2.47. The van der Waals surface area contributed by atoms with Gasteiger partial charge in [0, 0.05) is 40.6 Å². The Bertz CT molecular complexity index is 974. The zero-order chi connectivity index (χ0) is 19.7. The Hall–Kier alpha value is -2.11. The Morgan fingerprint density at radius 3 is 2.96 bits per heavy atom. The number of H-pyrrole nitrogens is 1. The normalized spacial score (nSPS) is 17.9. The number of carbonyl (C=O) groups excluding carboxylic acids is 1. The Kier molecular flexibility index (Phi) is 5.56. The molecule has 0 aliphatic carbocycles. The second-order valence-electron chi connectivity index (χ2n) is 8.13. The van der Waals surface area contributed by atoms with Crippen LogP contribution in [-0.2, 0) is 17.8 Å². The minimum atomic E-state index is 0.131. The highest BCUT2D eigenvalue weighted by atomic mass is 32.1. The molecule has 0 radical (unpaired) electrons. The summed E-state index contributed by atoms with van der Waals surface area (Å²) in [5.74, 6) is 0.131. The van der Waals surface area contributed by atoms with E-state index in [2.05, 4.69) is 65.6 Å². The highest BCUT2D eigenvalue weighted by molar-refractivity contribution is 7.09. The van der Waals surface area contributed by atoms with Gasteiger partial charge >= 0.3 is 0 Å². The van der Waals surface area contributed by atoms with Gasteiger partial charge in [-0.05, 0) is 68.8 Å². The van der Waals surface area contributed by atoms with Crippen molar-refractivity contribution in [2.45, 2.75) is 52.6 Å². The van der Waals surface area contributed by atoms with E-state index < -0.39 is 0 Å². The zero-order valence-electron chi connectivity index (χ0n) is 17.0. The lowest BCUT2D eigenvalue weighted by atomic mass is 10.0. The maximum atomic E-state index is 12.8. The molecule has 1 aliphatic rings. The molecule has 1 aliphatic heterocycles. The molecule has 5 heteroatoms. The van der Waals surface area contributed by atoms with Crippen LogP contribution in [0.1, 0.15) is 40.1 Å². The minimum Gasteiger partial charge on any atom is -0.358 e. The van der Waals surface area contributed by atoms with Gasteiger partial charge in [-0.3, -0.25) is 9.69 Å². The number of aromatic amines is 1. The average Bonchev–Trinajstić information content (AvgIpc) is 3.25. The van der Waals surface area contributed by atoms with E-state index in [1.54, 1.807) is 11.3 Å². The van der Waals surface area contributed by atoms with Crippen LogP contribution in [0.4, 0.5) is 0 Å². The summed E-state index contributed by atoms with van der Waals surface area (Å²) in [6, 6.07) is 8.92. The Labute approximate surface area is 170 Å². The summed E-state index contributed by atoms with van der Waals surface area (Å²) >= 11 is 1.81. The van der Waals surface area contributed by atoms with Gasteiger partial charge in [0.1, 0.15) is 0 Å². The Morgan fingerprint density at radius 1 is 1.32 bits per heavy atom. The summed E-state index contributed by atoms with van der Waals surface area (Å²) in [5, 5.41) is 6.62. The highest BCUT2D eigenvalue weighted by Gasteiger charge is 2.22. The molecule has 2 N–H and O–H groups in total. The number of fused-ring (bicyclic) bond motifs is 1. The third-order valence-corrected chi connectivity index (χ3v) is 6.60. The summed E-state index contributed by atoms with van der Waals surface area (Å²) in [7, 11) is 0. The van der Waals surface area contributed by atoms with E-state index >= 15 is 0 Å². The summed E-state index contributed by atoms with van der Waals surface area (Å²) in [6.45, 7) is 9.35. The van der Waals surface area contributed by atoms with Gasteiger partial charge in [0.25, 0.3) is 0 Å². The van der Waals surface area contributed by atoms with Crippen LogP contribution in [0.2, 0.25) is 0 Å². The molecule has 3 heterocycles. The molecule has 0 unspecified atom stereocenters. The molecule has 148 valence electrons. The largest absolute Gasteiger partial charge is 0.358 e. The van der Waals surface area contributed by atoms with E-state index in [-0.39, 0.29) is 11.9 Å². The standard InChI is InChI=1S/C23H29N3OS/c1-15-10-16(2)23-21(11-15)20(17(3)24-23)12-22(27)25-18-6-4-8-26(13-18)14-19-7-5-9-28-19/h5,7,9-11,18,24H,4,6,8,12-14H2,1-3H3,(H,25,27)/t18-/m0/s1. The smallest absolute Gasteiger partial charge is 0.224 e. The molecule has 3 aromatic rings. The van der Waals surface area contributed by atoms with Gasteiger partial charge in [0.2, 0.25) is 5.91 Å². The SMILES string of the molecule is Cc1cc(C)c2[nH]c(C)c(CC(=O)N[C@H]3CCCN(Cc4cccs4)C3)c2c1. The summed E-state index contributed by atoms with van der Waals surface area (Å²) in [6.07, 6.45) is 2.65. The van der Waals surface area contributed by atoms with Crippen molar-refractivity contribution in [3.63, 3.8) is 0 Å². The first-order chi connectivity index (χ1) is 13.5. The van der Waals surface area contributed by atoms with Gasteiger partial charge in [0.15, 0.2) is 0 Å². The van der Waals surface area contributed by atoms with Crippen molar-refractivity contribution >= 4 is 28.1 Å². The number of nitrogens with zero attached hydrogens (tertiary/aromatic N) is 1. The molecule has 1 amide bonds. The predicted octanol–water partition coefficient (Wildman–Crippen LogP) is 4.48. The van der Waals surface area contributed by atoms with Gasteiger partial charge in [0.05, 0.1) is 6.42 Å². The monoisotopic (exact) mass is 395 g/mol. The molecular weight excluding hydrogens is 366 g/mol. The molecule has 0 spiro atoms. The molecule has 1 atom stereocenters. The van der Waals surface area contributed by atoms with Crippen LogP contribution in [-0.4, -0.2) is 34.9 Å². The molecule has 2 aromatic heterocycles. The van der Waals surface area contributed by atoms with Crippen LogP contribution in [0.25, 0.3) is 10.9 Å². The molecule has 4 nitrogen and oxygen atoms in total. The number of thiophene rings is 1. The zero-order valence-corrected chi connectivity index (χ0v) is 17.8. The van der Waals surface area contributed by atoms with Crippen molar-refractivity contribution in [1.29, 1.82) is 0 Å². The maximum absolute atomic E-state index is 12.8. The summed E-state index contributed by atoms with van der Waals surface area (Å²) in [4.78, 5) is 20.2. The van der Waals surface area contributed by atoms with Crippen LogP contribution in [0.5, 0.6) is 0 Å². The van der Waals surface area contributed by atoms with Crippen molar-refractivity contribution in [3.05, 3.63) is 56.9 Å². The molecule has 0 saturated carbocycles. The molecule has 0 bridgehead atoms. The predicted molar refractivity (Wildman–Crippen MR) is 117 cm³/mol. The number of hydrogen-bond donors (Lipinski definition) is 2. The number of rotatable bonds is 5. The second-order valence-corrected chi connectivity index (χ2v) is 9.16. The van der Waals surface area contributed by atoms with Crippen LogP contribution in [0.15, 0.2) is 29.6 Å². The maximum Gasteiger partial charge on any atom is 0.224 e. The van der Waals surface area contributed by atoms with E-state index in [4.69, 9.17) is 0 Å². The van der Waals surface area contributed by atoms with E-state index in [1.165, 1.54) is 21.4 Å². The molecule has 1 aromatic carbocycles. The van der Waals surface area contributed by atoms with Gasteiger partial charge in [-0.1, -0.05) is 17.7 Å². The van der Waals surface area contributed by atoms with Gasteiger partial charge < -0.3 is 10.3 Å². The number of piperidine rings is 1. The fraction of sp³-hybridized carbons (Fsp3) is 0.435. The first-order valence-corrected chi connectivity index (χ1v) is 11.0. The quantitative estimate of drug-likeness (QED) is 0.669. The third kappa shape index (κ3) is 4.15. The number of nitrogens with one attached hydrogen (secondary N) is 2. The van der Waals surface area contributed by atoms with Crippen molar-refractivity contribution in [1.82, 2.24) is 15.2 Å². The molecule has 1 saturated heterocycles. The van der Waals surface area contributed by atoms with Crippen LogP contribution in [0, 0.1) is 20.8 Å². The van der Waals surface area contributed by atoms with Crippen molar-refractivity contribution in [3.8, 4) is 0 Å². The second kappa shape index (κ2) is 8.10. The van der Waals surface area contributed by atoms with E-state index in [1.807, 2.05) is 0 Å². The molecule has 28 heavy (non-hydrogen) atoms. The fourth-order valence-corrected chi connectivity index (χ4v) is 5.19. The third-order valence-electron chi connectivity index (χ3n) is 5.74. The fourth-order valence-electron chi connectivity index (χ4n) is 4.44. The van der Waals surface area contributed by atoms with Crippen molar-refractivity contribution in [2.24, 2.45) is 0 Å². The number of hydrogen-bond acceptors (Lipinski definition) is 3. The van der Waals surface area contributed by atoms with Crippen LogP contribution in [0.3, 0.4) is 0 Å². The number of carbonyl (C=O) groups is 1. The topological polar surface area (TPSA) is 48.1 Å². The lowest BCUT2D eigenvalue weighted by molar-refractivity contribution is -0.121. The molecule has 1 fully saturated rings. The number of benzene rings is 1. The highest BCUT2D eigenvalue weighted by Crippen LogP contribution is 2.27. The van der Waals surface area contributed by atoms with E-state index in [9.17, 15) is 4.79 Å². The lowest BCUT2D eigenvalue weighted by Gasteiger charge is -2.32. The van der Waals surface area contributed by atoms with E-state index in [0.717, 1.165) is 49.2 Å². The van der Waals surface area contributed by atoms with Crippen LogP contribution >= 0.6 is 11.3 Å². The number of aromatic nitrogens is 1. The van der Waals surface area contributed by atoms with Crippen molar-refractivity contribution in [2.75, 3.05) is 13.1 Å². The van der Waals surface area contributed by atoms with E-state index in [0.29, 0.717) is 6.42 Å². The molecule has 4 rings (SSSR count). The van der Waals surface area contributed by atoms with Gasteiger partial charge in [-0.15, -0.1) is 11.3 Å².